The van der Waals surface area contributed by atoms with E-state index in [-0.39, 0.29) is 16.7 Å². The average molecular weight is 283 g/mol. The van der Waals surface area contributed by atoms with Gasteiger partial charge in [0.1, 0.15) is 24.6 Å². The van der Waals surface area contributed by atoms with Gasteiger partial charge in [-0.3, -0.25) is 9.98 Å². The van der Waals surface area contributed by atoms with E-state index in [2.05, 4.69) is 9.97 Å². The van der Waals surface area contributed by atoms with Crippen LogP contribution in [0.4, 0.5) is 0 Å². The van der Waals surface area contributed by atoms with Crippen LogP contribution in [-0.2, 0) is 4.74 Å². The van der Waals surface area contributed by atoms with E-state index in [1.165, 1.54) is 10.9 Å². The fraction of sp³-hybridized carbons (Fsp3) is 0.500. The van der Waals surface area contributed by atoms with Gasteiger partial charge in [-0.15, -0.1) is 0 Å². The fourth-order valence-electron chi connectivity index (χ4n) is 2.27. The number of aromatic nitrogens is 4. The zero-order chi connectivity index (χ0) is 14.4. The molecule has 3 rings (SSSR count). The maximum atomic E-state index is 9.96. The highest BCUT2D eigenvalue weighted by Gasteiger charge is 2.44. The highest BCUT2D eigenvalue weighted by molar-refractivity contribution is 5.69. The van der Waals surface area contributed by atoms with Crippen LogP contribution in [0.15, 0.2) is 12.7 Å². The largest absolute Gasteiger partial charge is 0.425 e. The first kappa shape index (κ1) is 13.0. The van der Waals surface area contributed by atoms with Crippen LogP contribution in [0, 0.1) is 5.41 Å². The minimum absolute atomic E-state index is 0.0971. The van der Waals surface area contributed by atoms with E-state index >= 15 is 0 Å². The first-order valence-corrected chi connectivity index (χ1v) is 5.85. The lowest BCUT2D eigenvalue weighted by molar-refractivity contribution is -0.0520. The van der Waals surface area contributed by atoms with Gasteiger partial charge in [0.05, 0.1) is 12.9 Å². The fourth-order valence-corrected chi connectivity index (χ4v) is 2.27. The molecule has 0 spiro atoms. The van der Waals surface area contributed by atoms with E-state index in [0.717, 1.165) is 6.33 Å². The smallest absolute Gasteiger partial charge is 0.183 e. The molecular formula is C10H13N5O5. The summed E-state index contributed by atoms with van der Waals surface area (Å²) in [6, 6.07) is 0. The Morgan fingerprint density at radius 3 is 2.65 bits per heavy atom. The molecule has 108 valence electrons. The number of ether oxygens (including phenoxy) is 1. The van der Waals surface area contributed by atoms with Gasteiger partial charge >= 0.3 is 0 Å². The molecule has 5 N–H and O–H groups in total. The summed E-state index contributed by atoms with van der Waals surface area (Å²) in [7, 11) is 0. The Morgan fingerprint density at radius 2 is 2.00 bits per heavy atom. The summed E-state index contributed by atoms with van der Waals surface area (Å²) in [5.41, 5.74) is 0.0726. The average Bonchev–Trinajstić information content (AvgIpc) is 2.99. The minimum Gasteiger partial charge on any atom is -0.425 e. The van der Waals surface area contributed by atoms with Crippen molar-refractivity contribution in [3.05, 3.63) is 18.1 Å². The maximum absolute atomic E-state index is 9.96. The molecule has 4 atom stereocenters. The standard InChI is InChI=1S/C10H13N5O5/c11-8-5-9(15(19)3-13-8)14(2-12-5)10-7(18)6(17)4(1-16)20-10/h2-4,6-7,10-11,16-19H,1H2/t4-,6-,7-,10-/m1/s1. The molecule has 0 amide bonds. The van der Waals surface area contributed by atoms with Crippen molar-refractivity contribution in [2.45, 2.75) is 24.5 Å². The number of rotatable bonds is 2. The molecule has 10 nitrogen and oxygen atoms in total. The Hall–Kier alpha value is -2.01. The van der Waals surface area contributed by atoms with Crippen molar-refractivity contribution in [1.82, 2.24) is 19.3 Å². The SMILES string of the molecule is N=c1ncn(O)c2c1ncn2[C@@H]1O[C@H](CO)[C@@H](O)[C@H]1O. The summed E-state index contributed by atoms with van der Waals surface area (Å²) in [6.07, 6.45) is -2.25. The molecule has 1 fully saturated rings. The van der Waals surface area contributed by atoms with Crippen molar-refractivity contribution >= 4 is 11.2 Å². The molecule has 2 aromatic heterocycles. The Balaban J connectivity index is 2.12. The van der Waals surface area contributed by atoms with Crippen LogP contribution in [-0.4, -0.2) is 64.7 Å². The molecule has 0 aromatic carbocycles. The Bertz CT molecular complexity index is 697. The van der Waals surface area contributed by atoms with Crippen molar-refractivity contribution in [2.75, 3.05) is 6.61 Å². The second kappa shape index (κ2) is 4.52. The van der Waals surface area contributed by atoms with Gasteiger partial charge in [-0.2, -0.15) is 4.73 Å². The Kier molecular flexibility index (Phi) is 2.94. The van der Waals surface area contributed by atoms with E-state index in [0.29, 0.717) is 4.73 Å². The lowest BCUT2D eigenvalue weighted by atomic mass is 10.1. The predicted molar refractivity (Wildman–Crippen MR) is 61.6 cm³/mol. The number of aliphatic hydroxyl groups is 3. The van der Waals surface area contributed by atoms with Crippen LogP contribution in [0.5, 0.6) is 0 Å². The quantitative estimate of drug-likeness (QED) is 0.384. The molecule has 10 heteroatoms. The molecule has 1 saturated heterocycles. The topological polar surface area (TPSA) is 150 Å². The maximum Gasteiger partial charge on any atom is 0.183 e. The molecule has 20 heavy (non-hydrogen) atoms. The molecule has 0 aliphatic carbocycles. The molecule has 2 aromatic rings. The zero-order valence-corrected chi connectivity index (χ0v) is 10.2. The number of hydrogen-bond donors (Lipinski definition) is 5. The van der Waals surface area contributed by atoms with Crippen LogP contribution in [0.2, 0.25) is 0 Å². The third-order valence-corrected chi connectivity index (χ3v) is 3.30. The van der Waals surface area contributed by atoms with Crippen LogP contribution < -0.4 is 5.49 Å². The van der Waals surface area contributed by atoms with Gasteiger partial charge in [-0.25, -0.2) is 9.97 Å². The van der Waals surface area contributed by atoms with Crippen molar-refractivity contribution in [3.63, 3.8) is 0 Å². The van der Waals surface area contributed by atoms with Crippen LogP contribution in [0.25, 0.3) is 11.2 Å². The number of hydrogen-bond acceptors (Lipinski definition) is 8. The highest BCUT2D eigenvalue weighted by Crippen LogP contribution is 2.30. The number of imidazole rings is 1. The van der Waals surface area contributed by atoms with Crippen molar-refractivity contribution in [2.24, 2.45) is 0 Å². The lowest BCUT2D eigenvalue weighted by Crippen LogP contribution is -2.33. The third-order valence-electron chi connectivity index (χ3n) is 3.30. The van der Waals surface area contributed by atoms with Crippen molar-refractivity contribution in [3.8, 4) is 0 Å². The van der Waals surface area contributed by atoms with Gasteiger partial charge in [0.25, 0.3) is 0 Å². The van der Waals surface area contributed by atoms with Crippen LogP contribution >= 0.6 is 0 Å². The van der Waals surface area contributed by atoms with Gasteiger partial charge < -0.3 is 25.3 Å². The molecule has 3 heterocycles. The molecule has 0 radical (unpaired) electrons. The monoisotopic (exact) mass is 283 g/mol. The first-order valence-electron chi connectivity index (χ1n) is 5.85. The molecule has 0 saturated carbocycles. The van der Waals surface area contributed by atoms with E-state index < -0.39 is 31.1 Å². The number of fused-ring (bicyclic) bond motifs is 1. The Morgan fingerprint density at radius 1 is 1.25 bits per heavy atom. The molecule has 0 unspecified atom stereocenters. The van der Waals surface area contributed by atoms with E-state index in [4.69, 9.17) is 15.3 Å². The second-order valence-electron chi connectivity index (χ2n) is 4.49. The van der Waals surface area contributed by atoms with E-state index in [1.54, 1.807) is 0 Å². The van der Waals surface area contributed by atoms with Gasteiger partial charge in [0.15, 0.2) is 22.9 Å². The van der Waals surface area contributed by atoms with Crippen LogP contribution in [0.1, 0.15) is 6.23 Å². The van der Waals surface area contributed by atoms with Crippen molar-refractivity contribution in [1.29, 1.82) is 5.41 Å². The minimum atomic E-state index is -1.30. The van der Waals surface area contributed by atoms with Gasteiger partial charge in [0, 0.05) is 0 Å². The summed E-state index contributed by atoms with van der Waals surface area (Å²) in [6.45, 7) is -0.453. The second-order valence-corrected chi connectivity index (χ2v) is 4.49. The lowest BCUT2D eigenvalue weighted by Gasteiger charge is -2.17. The normalized spacial score (nSPS) is 30.1. The highest BCUT2D eigenvalue weighted by atomic mass is 16.6. The van der Waals surface area contributed by atoms with Gasteiger partial charge in [-0.1, -0.05) is 0 Å². The van der Waals surface area contributed by atoms with Crippen LogP contribution in [0.3, 0.4) is 0 Å². The number of nitrogens with zero attached hydrogens (tertiary/aromatic N) is 4. The van der Waals surface area contributed by atoms with Gasteiger partial charge in [-0.05, 0) is 0 Å². The van der Waals surface area contributed by atoms with E-state index in [9.17, 15) is 15.4 Å². The first-order chi connectivity index (χ1) is 9.54. The Labute approximate surface area is 111 Å². The predicted octanol–water partition coefficient (Wildman–Crippen LogP) is -2.44. The molecule has 1 aliphatic rings. The summed E-state index contributed by atoms with van der Waals surface area (Å²) < 4.78 is 7.27. The number of aliphatic hydroxyl groups excluding tert-OH is 3. The third kappa shape index (κ3) is 1.70. The molecular weight excluding hydrogens is 270 g/mol. The van der Waals surface area contributed by atoms with E-state index in [1.807, 2.05) is 0 Å². The summed E-state index contributed by atoms with van der Waals surface area (Å²) in [5, 5.41) is 46.1. The zero-order valence-electron chi connectivity index (χ0n) is 10.2. The summed E-state index contributed by atoms with van der Waals surface area (Å²) in [4.78, 5) is 7.55. The van der Waals surface area contributed by atoms with Crippen molar-refractivity contribution < 1.29 is 25.3 Å². The molecule has 1 aliphatic heterocycles. The number of nitrogens with one attached hydrogen (secondary N) is 1. The summed E-state index contributed by atoms with van der Waals surface area (Å²) >= 11 is 0. The summed E-state index contributed by atoms with van der Waals surface area (Å²) in [5.74, 6) is 0. The van der Waals surface area contributed by atoms with Gasteiger partial charge in [0.2, 0.25) is 0 Å². The molecule has 0 bridgehead atoms.